The molecule has 0 saturated carbocycles. The highest BCUT2D eigenvalue weighted by Gasteiger charge is 2.34. The van der Waals surface area contributed by atoms with Crippen molar-refractivity contribution in [2.45, 2.75) is 45.3 Å². The highest BCUT2D eigenvalue weighted by Crippen LogP contribution is 2.33. The molecular formula is C14H23N3. The van der Waals surface area contributed by atoms with Crippen LogP contribution in [-0.2, 0) is 0 Å². The number of hydrogen-bond acceptors (Lipinski definition) is 3. The van der Waals surface area contributed by atoms with E-state index in [1.807, 2.05) is 18.5 Å². The molecule has 3 heteroatoms. The van der Waals surface area contributed by atoms with Gasteiger partial charge in [0.25, 0.3) is 0 Å². The summed E-state index contributed by atoms with van der Waals surface area (Å²) in [6, 6.07) is 5.17. The number of aromatic nitrogens is 1. The van der Waals surface area contributed by atoms with Gasteiger partial charge in [0.1, 0.15) is 0 Å². The smallest absolute Gasteiger partial charge is 0.0514 e. The molecule has 1 aromatic heterocycles. The van der Waals surface area contributed by atoms with E-state index < -0.39 is 0 Å². The summed E-state index contributed by atoms with van der Waals surface area (Å²) >= 11 is 0. The number of rotatable bonds is 3. The molecule has 17 heavy (non-hydrogen) atoms. The van der Waals surface area contributed by atoms with E-state index in [0.29, 0.717) is 12.1 Å². The maximum Gasteiger partial charge on any atom is 0.0514 e. The topological polar surface area (TPSA) is 42.2 Å². The second-order valence-electron chi connectivity index (χ2n) is 5.48. The molecule has 0 amide bonds. The van der Waals surface area contributed by atoms with Crippen LogP contribution in [0.25, 0.3) is 0 Å². The highest BCUT2D eigenvalue weighted by atomic mass is 15.2. The van der Waals surface area contributed by atoms with Gasteiger partial charge < -0.3 is 5.73 Å². The van der Waals surface area contributed by atoms with E-state index in [-0.39, 0.29) is 6.04 Å². The quantitative estimate of drug-likeness (QED) is 0.870. The predicted molar refractivity (Wildman–Crippen MR) is 70.6 cm³/mol. The summed E-state index contributed by atoms with van der Waals surface area (Å²) in [5.41, 5.74) is 7.43. The van der Waals surface area contributed by atoms with Gasteiger partial charge in [-0.25, -0.2) is 0 Å². The lowest BCUT2D eigenvalue weighted by Gasteiger charge is -2.34. The number of nitrogens with zero attached hydrogens (tertiary/aromatic N) is 2. The monoisotopic (exact) mass is 233 g/mol. The van der Waals surface area contributed by atoms with Crippen LogP contribution in [0.1, 0.15) is 38.8 Å². The van der Waals surface area contributed by atoms with Crippen LogP contribution < -0.4 is 5.73 Å². The van der Waals surface area contributed by atoms with Gasteiger partial charge in [-0.1, -0.05) is 13.0 Å². The first kappa shape index (κ1) is 12.5. The van der Waals surface area contributed by atoms with Crippen molar-refractivity contribution in [1.29, 1.82) is 0 Å². The van der Waals surface area contributed by atoms with Crippen molar-refractivity contribution in [3.63, 3.8) is 0 Å². The molecule has 4 atom stereocenters. The van der Waals surface area contributed by atoms with Gasteiger partial charge in [0.05, 0.1) is 6.04 Å². The zero-order chi connectivity index (χ0) is 12.4. The zero-order valence-corrected chi connectivity index (χ0v) is 11.0. The minimum atomic E-state index is 0.131. The van der Waals surface area contributed by atoms with E-state index in [4.69, 9.17) is 5.73 Å². The van der Waals surface area contributed by atoms with Crippen LogP contribution in [0, 0.1) is 5.92 Å². The molecule has 94 valence electrons. The first-order valence-electron chi connectivity index (χ1n) is 6.51. The van der Waals surface area contributed by atoms with Crippen LogP contribution in [0.3, 0.4) is 0 Å². The summed E-state index contributed by atoms with van der Waals surface area (Å²) in [5, 5.41) is 0. The van der Waals surface area contributed by atoms with Crippen LogP contribution >= 0.6 is 0 Å². The van der Waals surface area contributed by atoms with Gasteiger partial charge in [-0.3, -0.25) is 9.88 Å². The second kappa shape index (κ2) is 5.15. The molecule has 2 heterocycles. The summed E-state index contributed by atoms with van der Waals surface area (Å²) in [5.74, 6) is 0.767. The molecule has 1 fully saturated rings. The standard InChI is InChI=1S/C14H23N3/c1-10-7-11(2)17(9-10)14(12(3)15)13-5-4-6-16-8-13/h4-6,8,10-12,14H,7,9,15H2,1-3H3. The van der Waals surface area contributed by atoms with Crippen molar-refractivity contribution in [1.82, 2.24) is 9.88 Å². The summed E-state index contributed by atoms with van der Waals surface area (Å²) in [7, 11) is 0. The van der Waals surface area contributed by atoms with Crippen molar-refractivity contribution in [2.75, 3.05) is 6.54 Å². The number of nitrogens with two attached hydrogens (primary N) is 1. The van der Waals surface area contributed by atoms with Crippen LogP contribution in [0.2, 0.25) is 0 Å². The molecule has 0 aliphatic carbocycles. The first-order chi connectivity index (χ1) is 8.09. The number of hydrogen-bond donors (Lipinski definition) is 1. The van der Waals surface area contributed by atoms with E-state index in [0.717, 1.165) is 12.5 Å². The predicted octanol–water partition coefficient (Wildman–Crippen LogP) is 2.20. The Morgan fingerprint density at radius 2 is 2.24 bits per heavy atom. The third kappa shape index (κ3) is 2.67. The Balaban J connectivity index is 2.24. The number of likely N-dealkylation sites (tertiary alicyclic amines) is 1. The minimum absolute atomic E-state index is 0.131. The molecule has 0 bridgehead atoms. The van der Waals surface area contributed by atoms with E-state index in [9.17, 15) is 0 Å². The van der Waals surface area contributed by atoms with Crippen molar-refractivity contribution in [2.24, 2.45) is 11.7 Å². The van der Waals surface area contributed by atoms with Gasteiger partial charge in [-0.2, -0.15) is 0 Å². The van der Waals surface area contributed by atoms with Gasteiger partial charge in [0.2, 0.25) is 0 Å². The molecule has 1 saturated heterocycles. The average molecular weight is 233 g/mol. The Morgan fingerprint density at radius 3 is 2.71 bits per heavy atom. The maximum atomic E-state index is 6.19. The van der Waals surface area contributed by atoms with E-state index in [1.54, 1.807) is 0 Å². The maximum absolute atomic E-state index is 6.19. The molecule has 2 N–H and O–H groups in total. The largest absolute Gasteiger partial charge is 0.326 e. The summed E-state index contributed by atoms with van der Waals surface area (Å²) in [4.78, 5) is 6.76. The SMILES string of the molecule is CC1CC(C)N(C(c2cccnc2)C(C)N)C1. The van der Waals surface area contributed by atoms with E-state index >= 15 is 0 Å². The molecule has 4 unspecified atom stereocenters. The fraction of sp³-hybridized carbons (Fsp3) is 0.643. The minimum Gasteiger partial charge on any atom is -0.326 e. The fourth-order valence-electron chi connectivity index (χ4n) is 3.07. The lowest BCUT2D eigenvalue weighted by atomic mass is 10.0. The molecule has 3 nitrogen and oxygen atoms in total. The summed E-state index contributed by atoms with van der Waals surface area (Å²) in [6.45, 7) is 7.85. The summed E-state index contributed by atoms with van der Waals surface area (Å²) in [6.07, 6.45) is 5.03. The van der Waals surface area contributed by atoms with E-state index in [2.05, 4.69) is 36.7 Å². The molecule has 0 radical (unpaired) electrons. The van der Waals surface area contributed by atoms with Gasteiger partial charge in [-0.05, 0) is 37.8 Å². The normalized spacial score (nSPS) is 29.2. The Hall–Kier alpha value is -0.930. The van der Waals surface area contributed by atoms with Gasteiger partial charge in [0.15, 0.2) is 0 Å². The van der Waals surface area contributed by atoms with Gasteiger partial charge >= 0.3 is 0 Å². The van der Waals surface area contributed by atoms with Crippen LogP contribution in [0.15, 0.2) is 24.5 Å². The van der Waals surface area contributed by atoms with Gasteiger partial charge in [-0.15, -0.1) is 0 Å². The Bertz CT molecular complexity index is 350. The first-order valence-corrected chi connectivity index (χ1v) is 6.51. The van der Waals surface area contributed by atoms with Crippen LogP contribution in [-0.4, -0.2) is 28.5 Å². The molecule has 1 aliphatic heterocycles. The molecule has 0 aromatic carbocycles. The zero-order valence-electron chi connectivity index (χ0n) is 11.0. The molecule has 0 spiro atoms. The fourth-order valence-corrected chi connectivity index (χ4v) is 3.07. The second-order valence-corrected chi connectivity index (χ2v) is 5.48. The Labute approximate surface area is 104 Å². The lowest BCUT2D eigenvalue weighted by molar-refractivity contribution is 0.167. The molecule has 1 aliphatic rings. The summed E-state index contributed by atoms with van der Waals surface area (Å²) < 4.78 is 0. The lowest BCUT2D eigenvalue weighted by Crippen LogP contribution is -2.41. The van der Waals surface area contributed by atoms with Crippen molar-refractivity contribution < 1.29 is 0 Å². The van der Waals surface area contributed by atoms with E-state index in [1.165, 1.54) is 12.0 Å². The van der Waals surface area contributed by atoms with Crippen molar-refractivity contribution >= 4 is 0 Å². The van der Waals surface area contributed by atoms with Crippen LogP contribution in [0.5, 0.6) is 0 Å². The molecular weight excluding hydrogens is 210 g/mol. The van der Waals surface area contributed by atoms with Gasteiger partial charge in [0, 0.05) is 31.0 Å². The van der Waals surface area contributed by atoms with Crippen molar-refractivity contribution in [3.05, 3.63) is 30.1 Å². The van der Waals surface area contributed by atoms with Crippen molar-refractivity contribution in [3.8, 4) is 0 Å². The molecule has 2 rings (SSSR count). The average Bonchev–Trinajstić information content (AvgIpc) is 2.59. The highest BCUT2D eigenvalue weighted by molar-refractivity contribution is 5.17. The van der Waals surface area contributed by atoms with Crippen LogP contribution in [0.4, 0.5) is 0 Å². The third-order valence-corrected chi connectivity index (χ3v) is 3.71. The Kier molecular flexibility index (Phi) is 3.79. The Morgan fingerprint density at radius 1 is 1.47 bits per heavy atom. The third-order valence-electron chi connectivity index (χ3n) is 3.71. The molecule has 1 aromatic rings. The number of pyridine rings is 1.